The van der Waals surface area contributed by atoms with Gasteiger partial charge in [0.25, 0.3) is 11.8 Å². The van der Waals surface area contributed by atoms with E-state index >= 15 is 4.39 Å². The molecule has 61 heavy (non-hydrogen) atoms. The molecule has 5 aliphatic rings. The minimum Gasteiger partial charge on any atom is -0.369 e. The molecule has 2 N–H and O–H groups in total. The van der Waals surface area contributed by atoms with Crippen LogP contribution in [0.25, 0.3) is 11.1 Å². The van der Waals surface area contributed by atoms with Gasteiger partial charge in [0.15, 0.2) is 11.2 Å². The summed E-state index contributed by atoms with van der Waals surface area (Å²) < 4.78 is 18.0. The number of thiazole rings is 1. The summed E-state index contributed by atoms with van der Waals surface area (Å²) in [6, 6.07) is 18.5. The van der Waals surface area contributed by atoms with Crippen molar-refractivity contribution in [2.75, 3.05) is 60.9 Å². The van der Waals surface area contributed by atoms with E-state index in [0.717, 1.165) is 106 Å². The molecule has 5 aliphatic heterocycles. The number of imidazole rings is 1. The number of aromatic nitrogens is 3. The maximum absolute atomic E-state index is 16.0. The van der Waals surface area contributed by atoms with Crippen molar-refractivity contribution in [3.63, 3.8) is 0 Å². The molecule has 3 fully saturated rings. The van der Waals surface area contributed by atoms with Crippen LogP contribution in [-0.2, 0) is 35.6 Å². The SMILES string of the molecule is O=C1CCN(c2ccccc2CN2CCC(N3CCN(c4ccc(-c5cc(F)c6c(c5)C(=O)N(C(C(=O)Nc5nccs5)c5ncn7c5CCC7)C6)cc4)CC3)CC2)C(=O)N1. The lowest BCUT2D eigenvalue weighted by Crippen LogP contribution is -2.53. The highest BCUT2D eigenvalue weighted by Crippen LogP contribution is 2.38. The van der Waals surface area contributed by atoms with Gasteiger partial charge < -0.3 is 14.4 Å². The summed E-state index contributed by atoms with van der Waals surface area (Å²) in [5.41, 5.74) is 6.48. The number of para-hydroxylation sites is 1. The maximum Gasteiger partial charge on any atom is 0.328 e. The van der Waals surface area contributed by atoms with Crippen LogP contribution in [-0.4, -0.2) is 105 Å². The third-order valence-corrected chi connectivity index (χ3v) is 13.7. The lowest BCUT2D eigenvalue weighted by atomic mass is 9.99. The summed E-state index contributed by atoms with van der Waals surface area (Å²) >= 11 is 1.29. The number of rotatable bonds is 10. The summed E-state index contributed by atoms with van der Waals surface area (Å²) in [5, 5.41) is 7.49. The number of likely N-dealkylation sites (tertiary alicyclic amines) is 1. The molecule has 0 spiro atoms. The molecule has 3 saturated heterocycles. The molecule has 16 heteroatoms. The summed E-state index contributed by atoms with van der Waals surface area (Å²) in [4.78, 5) is 71.7. The molecule has 10 rings (SSSR count). The van der Waals surface area contributed by atoms with Crippen LogP contribution in [0.2, 0.25) is 0 Å². The number of amides is 5. The third-order valence-electron chi connectivity index (χ3n) is 13.0. The Bertz CT molecular complexity index is 2480. The minimum atomic E-state index is -1.03. The number of carbonyl (C=O) groups excluding carboxylic acids is 4. The van der Waals surface area contributed by atoms with E-state index in [1.807, 2.05) is 34.9 Å². The van der Waals surface area contributed by atoms with Gasteiger partial charge in [-0.1, -0.05) is 30.3 Å². The Morgan fingerprint density at radius 2 is 1.70 bits per heavy atom. The number of hydrogen-bond acceptors (Lipinski definition) is 10. The molecule has 0 bridgehead atoms. The number of nitrogens with one attached hydrogen (secondary N) is 2. The molecule has 314 valence electrons. The van der Waals surface area contributed by atoms with Gasteiger partial charge in [0.2, 0.25) is 5.91 Å². The fraction of sp³-hybridized carbons (Fsp3) is 0.378. The van der Waals surface area contributed by atoms with Crippen molar-refractivity contribution in [1.29, 1.82) is 0 Å². The zero-order valence-corrected chi connectivity index (χ0v) is 34.6. The normalized spacial score (nSPS) is 19.3. The number of benzene rings is 3. The third kappa shape index (κ3) is 7.68. The molecule has 7 heterocycles. The molecular formula is C45H47FN10O4S. The molecule has 3 aromatic carbocycles. The number of piperidine rings is 1. The second-order valence-electron chi connectivity index (χ2n) is 16.5. The smallest absolute Gasteiger partial charge is 0.328 e. The number of carbonyl (C=O) groups is 4. The molecule has 14 nitrogen and oxygen atoms in total. The first-order valence-corrected chi connectivity index (χ1v) is 22.0. The van der Waals surface area contributed by atoms with E-state index < -0.39 is 23.7 Å². The molecule has 0 aliphatic carbocycles. The first kappa shape index (κ1) is 39.2. The number of nitrogens with zero attached hydrogens (tertiary/aromatic N) is 8. The van der Waals surface area contributed by atoms with Gasteiger partial charge in [0.1, 0.15) is 5.82 Å². The number of imide groups is 1. The second kappa shape index (κ2) is 16.5. The van der Waals surface area contributed by atoms with Crippen molar-refractivity contribution in [2.45, 2.75) is 63.8 Å². The van der Waals surface area contributed by atoms with Crippen LogP contribution in [0.1, 0.15) is 64.6 Å². The Balaban J connectivity index is 0.761. The molecule has 5 aromatic rings. The van der Waals surface area contributed by atoms with E-state index in [4.69, 9.17) is 0 Å². The fourth-order valence-corrected chi connectivity index (χ4v) is 10.3. The number of anilines is 3. The molecule has 1 atom stereocenters. The number of fused-ring (bicyclic) bond motifs is 2. The van der Waals surface area contributed by atoms with E-state index in [2.05, 4.69) is 53.5 Å². The van der Waals surface area contributed by atoms with Crippen LogP contribution in [0, 0.1) is 5.82 Å². The average Bonchev–Trinajstić information content (AvgIpc) is 4.10. The van der Waals surface area contributed by atoms with Crippen LogP contribution in [0.5, 0.6) is 0 Å². The zero-order chi connectivity index (χ0) is 41.6. The van der Waals surface area contributed by atoms with Crippen LogP contribution in [0.15, 0.2) is 78.6 Å². The Morgan fingerprint density at radius 1 is 0.902 bits per heavy atom. The molecule has 0 saturated carbocycles. The quantitative estimate of drug-likeness (QED) is 0.183. The second-order valence-corrected chi connectivity index (χ2v) is 17.4. The first-order chi connectivity index (χ1) is 29.8. The van der Waals surface area contributed by atoms with E-state index in [0.29, 0.717) is 35.4 Å². The largest absolute Gasteiger partial charge is 0.369 e. The maximum atomic E-state index is 16.0. The lowest BCUT2D eigenvalue weighted by Gasteiger charge is -2.43. The van der Waals surface area contributed by atoms with Crippen LogP contribution in [0.3, 0.4) is 0 Å². The monoisotopic (exact) mass is 842 g/mol. The minimum absolute atomic E-state index is 0.0357. The molecule has 0 radical (unpaired) electrons. The molecule has 2 aromatic heterocycles. The number of aryl methyl sites for hydroxylation is 1. The van der Waals surface area contributed by atoms with Gasteiger partial charge in [-0.3, -0.25) is 39.7 Å². The Morgan fingerprint density at radius 3 is 2.48 bits per heavy atom. The van der Waals surface area contributed by atoms with Crippen LogP contribution < -0.4 is 20.4 Å². The van der Waals surface area contributed by atoms with E-state index in [1.165, 1.54) is 22.3 Å². The van der Waals surface area contributed by atoms with Gasteiger partial charge in [-0.15, -0.1) is 11.3 Å². The Kier molecular flexibility index (Phi) is 10.6. The fourth-order valence-electron chi connectivity index (χ4n) is 9.76. The van der Waals surface area contributed by atoms with Gasteiger partial charge in [0.05, 0.1) is 18.6 Å². The lowest BCUT2D eigenvalue weighted by molar-refractivity contribution is -0.121. The van der Waals surface area contributed by atoms with Crippen molar-refractivity contribution >= 4 is 51.6 Å². The average molecular weight is 843 g/mol. The number of piperazine rings is 1. The molecular weight excluding hydrogens is 796 g/mol. The van der Waals surface area contributed by atoms with Crippen molar-refractivity contribution in [1.82, 2.24) is 34.6 Å². The number of halogens is 1. The highest BCUT2D eigenvalue weighted by molar-refractivity contribution is 7.13. The topological polar surface area (TPSA) is 139 Å². The van der Waals surface area contributed by atoms with Gasteiger partial charge >= 0.3 is 6.03 Å². The van der Waals surface area contributed by atoms with Crippen molar-refractivity contribution in [3.05, 3.63) is 112 Å². The Labute approximate surface area is 357 Å². The van der Waals surface area contributed by atoms with Gasteiger partial charge in [-0.05, 0) is 85.8 Å². The van der Waals surface area contributed by atoms with E-state index in [9.17, 15) is 19.2 Å². The molecule has 5 amide bonds. The highest BCUT2D eigenvalue weighted by Gasteiger charge is 2.42. The summed E-state index contributed by atoms with van der Waals surface area (Å²) in [6.45, 7) is 7.63. The van der Waals surface area contributed by atoms with E-state index in [1.54, 1.807) is 28.9 Å². The van der Waals surface area contributed by atoms with Crippen molar-refractivity contribution < 1.29 is 23.6 Å². The molecule has 1 unspecified atom stereocenters. The number of urea groups is 1. The standard InChI is InChI=1S/C45H47FN10O4S/c46-36-25-31(24-34-35(36)27-56(43(34)59)41(42(58)50-44-47-14-23-61-44)40-38-6-3-15-54(38)28-48-40)29-7-9-32(10-8-29)52-19-21-53(22-20-52)33-11-16-51(17-12-33)26-30-4-1-2-5-37(30)55-18-13-39(57)49-45(55)60/h1-2,4-5,7-10,14,23-25,28,33,41H,3,6,11-13,15-22,26-27H2,(H,47,50,58)(H,49,57,60). The summed E-state index contributed by atoms with van der Waals surface area (Å²) in [5.74, 6) is -1.53. The van der Waals surface area contributed by atoms with Gasteiger partial charge in [-0.25, -0.2) is 19.2 Å². The van der Waals surface area contributed by atoms with Crippen molar-refractivity contribution in [2.24, 2.45) is 0 Å². The first-order valence-electron chi connectivity index (χ1n) is 21.2. The van der Waals surface area contributed by atoms with Crippen LogP contribution >= 0.6 is 11.3 Å². The van der Waals surface area contributed by atoms with Crippen LogP contribution in [0.4, 0.5) is 25.7 Å². The predicted octanol–water partition coefficient (Wildman–Crippen LogP) is 5.66. The van der Waals surface area contributed by atoms with Crippen molar-refractivity contribution in [3.8, 4) is 11.1 Å². The van der Waals surface area contributed by atoms with Gasteiger partial charge in [0, 0.05) is 98.0 Å². The van der Waals surface area contributed by atoms with Gasteiger partial charge in [-0.2, -0.15) is 0 Å². The zero-order valence-electron chi connectivity index (χ0n) is 33.8. The highest BCUT2D eigenvalue weighted by atomic mass is 32.1. The summed E-state index contributed by atoms with van der Waals surface area (Å²) in [6.07, 6.45) is 7.48. The number of hydrogen-bond donors (Lipinski definition) is 2. The predicted molar refractivity (Wildman–Crippen MR) is 230 cm³/mol. The summed E-state index contributed by atoms with van der Waals surface area (Å²) in [7, 11) is 0. The Hall–Kier alpha value is -5.97. The van der Waals surface area contributed by atoms with E-state index in [-0.39, 0.29) is 29.6 Å².